The Morgan fingerprint density at radius 2 is 1.87 bits per heavy atom. The van der Waals surface area contributed by atoms with Crippen LogP contribution < -0.4 is 10.6 Å². The van der Waals surface area contributed by atoms with E-state index in [-0.39, 0.29) is 24.0 Å². The number of anilines is 1. The summed E-state index contributed by atoms with van der Waals surface area (Å²) in [5, 5.41) is 9.90. The number of amides is 1. The molecule has 1 aromatic heterocycles. The van der Waals surface area contributed by atoms with Crippen molar-refractivity contribution in [1.82, 2.24) is 15.1 Å². The molecule has 1 amide bonds. The molecule has 9 heteroatoms. The molecule has 1 aliphatic heterocycles. The smallest absolute Gasteiger partial charge is 0.363 e. The number of hydrogen-bond donors (Lipinski definition) is 2. The molecule has 0 radical (unpaired) electrons. The molecule has 0 aliphatic carbocycles. The van der Waals surface area contributed by atoms with Crippen molar-refractivity contribution in [2.75, 3.05) is 5.32 Å². The SMILES string of the molecule is C[C@H](NC(=O)c1cc2n(n1)[C@H](C(F)(F)F)C[C@@H](c1ccc(Br)cc1)N2)c1ccccc1. The minimum atomic E-state index is -4.50. The van der Waals surface area contributed by atoms with Crippen LogP contribution in [0.3, 0.4) is 0 Å². The number of carbonyl (C=O) groups excluding carboxylic acids is 1. The van der Waals surface area contributed by atoms with Crippen LogP contribution in [0.2, 0.25) is 0 Å². The number of halogens is 4. The molecule has 0 saturated carbocycles. The Hall–Kier alpha value is -2.81. The van der Waals surface area contributed by atoms with E-state index in [0.29, 0.717) is 0 Å². The van der Waals surface area contributed by atoms with Crippen LogP contribution in [0.15, 0.2) is 65.1 Å². The zero-order valence-electron chi connectivity index (χ0n) is 16.5. The van der Waals surface area contributed by atoms with E-state index in [4.69, 9.17) is 0 Å². The Balaban J connectivity index is 1.60. The number of aromatic nitrogens is 2. The molecular weight excluding hydrogens is 473 g/mol. The van der Waals surface area contributed by atoms with Gasteiger partial charge in [-0.15, -0.1) is 0 Å². The lowest BCUT2D eigenvalue weighted by Gasteiger charge is -2.33. The van der Waals surface area contributed by atoms with Crippen LogP contribution in [0.5, 0.6) is 0 Å². The molecule has 0 fully saturated rings. The van der Waals surface area contributed by atoms with Crippen LogP contribution >= 0.6 is 15.9 Å². The highest BCUT2D eigenvalue weighted by Gasteiger charge is 2.46. The molecule has 0 saturated heterocycles. The van der Waals surface area contributed by atoms with Crippen molar-refractivity contribution in [2.24, 2.45) is 0 Å². The van der Waals surface area contributed by atoms with E-state index in [1.165, 1.54) is 6.07 Å². The van der Waals surface area contributed by atoms with E-state index >= 15 is 0 Å². The molecular formula is C22H20BrF3N4O. The van der Waals surface area contributed by atoms with Crippen LogP contribution in [0.25, 0.3) is 0 Å². The third-order valence-electron chi connectivity index (χ3n) is 5.34. The maximum atomic E-state index is 13.8. The lowest BCUT2D eigenvalue weighted by atomic mass is 9.97. The van der Waals surface area contributed by atoms with E-state index in [9.17, 15) is 18.0 Å². The van der Waals surface area contributed by atoms with Gasteiger partial charge in [0, 0.05) is 17.0 Å². The van der Waals surface area contributed by atoms with Gasteiger partial charge in [0.2, 0.25) is 0 Å². The highest BCUT2D eigenvalue weighted by molar-refractivity contribution is 9.10. The van der Waals surface area contributed by atoms with E-state index in [1.54, 1.807) is 24.3 Å². The van der Waals surface area contributed by atoms with Gasteiger partial charge in [-0.2, -0.15) is 18.3 Å². The number of nitrogens with one attached hydrogen (secondary N) is 2. The monoisotopic (exact) mass is 492 g/mol. The Morgan fingerprint density at radius 1 is 1.19 bits per heavy atom. The molecule has 2 N–H and O–H groups in total. The normalized spacial score (nSPS) is 19.3. The van der Waals surface area contributed by atoms with E-state index in [2.05, 4.69) is 31.7 Å². The molecule has 162 valence electrons. The lowest BCUT2D eigenvalue weighted by Crippen LogP contribution is -2.35. The van der Waals surface area contributed by atoms with Crippen molar-refractivity contribution < 1.29 is 18.0 Å². The Labute approximate surface area is 185 Å². The Morgan fingerprint density at radius 3 is 2.52 bits per heavy atom. The predicted molar refractivity (Wildman–Crippen MR) is 115 cm³/mol. The van der Waals surface area contributed by atoms with Gasteiger partial charge in [0.05, 0.1) is 12.1 Å². The molecule has 4 rings (SSSR count). The van der Waals surface area contributed by atoms with Crippen molar-refractivity contribution >= 4 is 27.7 Å². The molecule has 5 nitrogen and oxygen atoms in total. The first-order valence-corrected chi connectivity index (χ1v) is 10.6. The molecule has 1 aliphatic rings. The maximum Gasteiger partial charge on any atom is 0.410 e. The molecule has 0 spiro atoms. The van der Waals surface area contributed by atoms with Gasteiger partial charge >= 0.3 is 6.18 Å². The summed E-state index contributed by atoms with van der Waals surface area (Å²) in [6.07, 6.45) is -4.72. The van der Waals surface area contributed by atoms with Crippen molar-refractivity contribution in [2.45, 2.75) is 37.6 Å². The largest absolute Gasteiger partial charge is 0.410 e. The number of hydrogen-bond acceptors (Lipinski definition) is 3. The summed E-state index contributed by atoms with van der Waals surface area (Å²) in [6.45, 7) is 1.81. The summed E-state index contributed by atoms with van der Waals surface area (Å²) in [6, 6.07) is 15.1. The third kappa shape index (κ3) is 4.61. The number of rotatable bonds is 4. The van der Waals surface area contributed by atoms with Crippen LogP contribution in [0, 0.1) is 0 Å². The number of fused-ring (bicyclic) bond motifs is 1. The van der Waals surface area contributed by atoms with E-state index in [0.717, 1.165) is 20.3 Å². The second-order valence-electron chi connectivity index (χ2n) is 7.51. The van der Waals surface area contributed by atoms with Crippen molar-refractivity contribution in [1.29, 1.82) is 0 Å². The highest BCUT2D eigenvalue weighted by atomic mass is 79.9. The molecule has 3 atom stereocenters. The van der Waals surface area contributed by atoms with E-state index in [1.807, 2.05) is 37.3 Å². The van der Waals surface area contributed by atoms with Crippen molar-refractivity contribution in [3.8, 4) is 0 Å². The summed E-state index contributed by atoms with van der Waals surface area (Å²) in [5.41, 5.74) is 1.56. The fraction of sp³-hybridized carbons (Fsp3) is 0.273. The lowest BCUT2D eigenvalue weighted by molar-refractivity contribution is -0.173. The molecule has 0 bridgehead atoms. The van der Waals surface area contributed by atoms with Gasteiger partial charge in [-0.3, -0.25) is 4.79 Å². The molecule has 2 aromatic carbocycles. The average molecular weight is 493 g/mol. The van der Waals surface area contributed by atoms with Crippen LogP contribution in [0.4, 0.5) is 19.0 Å². The summed E-state index contributed by atoms with van der Waals surface area (Å²) < 4.78 is 43.2. The summed E-state index contributed by atoms with van der Waals surface area (Å²) >= 11 is 3.34. The van der Waals surface area contributed by atoms with Gasteiger partial charge in [0.25, 0.3) is 5.91 Å². The number of carbonyl (C=O) groups is 1. The summed E-state index contributed by atoms with van der Waals surface area (Å²) in [4.78, 5) is 12.7. The predicted octanol–water partition coefficient (Wildman–Crippen LogP) is 5.80. The first kappa shape index (κ1) is 21.4. The summed E-state index contributed by atoms with van der Waals surface area (Å²) in [7, 11) is 0. The quantitative estimate of drug-likeness (QED) is 0.484. The second kappa shape index (κ2) is 8.37. The van der Waals surface area contributed by atoms with Gasteiger partial charge in [0.15, 0.2) is 11.7 Å². The first-order chi connectivity index (χ1) is 14.7. The van der Waals surface area contributed by atoms with Crippen molar-refractivity contribution in [3.05, 3.63) is 82.0 Å². The fourth-order valence-corrected chi connectivity index (χ4v) is 3.96. The zero-order chi connectivity index (χ0) is 22.2. The van der Waals surface area contributed by atoms with Gasteiger partial charge in [-0.25, -0.2) is 4.68 Å². The minimum Gasteiger partial charge on any atom is -0.363 e. The van der Waals surface area contributed by atoms with E-state index < -0.39 is 24.2 Å². The topological polar surface area (TPSA) is 59.0 Å². The molecule has 31 heavy (non-hydrogen) atoms. The fourth-order valence-electron chi connectivity index (χ4n) is 3.69. The third-order valence-corrected chi connectivity index (χ3v) is 5.87. The first-order valence-electron chi connectivity index (χ1n) is 9.76. The standard InChI is InChI=1S/C22H20BrF3N4O/c1-13(14-5-3-2-4-6-14)27-21(31)18-12-20-28-17(15-7-9-16(23)10-8-15)11-19(22(24,25)26)30(20)29-18/h2-10,12-13,17,19,28H,11H2,1H3,(H,27,31)/t13-,17-,19-/m0/s1. The van der Waals surface area contributed by atoms with Crippen LogP contribution in [0.1, 0.15) is 53.1 Å². The van der Waals surface area contributed by atoms with Gasteiger partial charge in [-0.05, 0) is 30.2 Å². The summed E-state index contributed by atoms with van der Waals surface area (Å²) in [5.74, 6) is -0.361. The number of nitrogens with zero attached hydrogens (tertiary/aromatic N) is 2. The number of benzene rings is 2. The maximum absolute atomic E-state index is 13.8. The second-order valence-corrected chi connectivity index (χ2v) is 8.42. The van der Waals surface area contributed by atoms with Crippen LogP contribution in [-0.2, 0) is 0 Å². The molecule has 3 aromatic rings. The Bertz CT molecular complexity index is 1070. The average Bonchev–Trinajstić information content (AvgIpc) is 3.17. The van der Waals surface area contributed by atoms with Gasteiger partial charge < -0.3 is 10.6 Å². The van der Waals surface area contributed by atoms with Crippen molar-refractivity contribution in [3.63, 3.8) is 0 Å². The molecule has 0 unspecified atom stereocenters. The highest BCUT2D eigenvalue weighted by Crippen LogP contribution is 2.43. The Kier molecular flexibility index (Phi) is 5.79. The molecule has 2 heterocycles. The van der Waals surface area contributed by atoms with Gasteiger partial charge in [-0.1, -0.05) is 58.4 Å². The van der Waals surface area contributed by atoms with Crippen LogP contribution in [-0.4, -0.2) is 21.9 Å². The zero-order valence-corrected chi connectivity index (χ0v) is 18.1. The van der Waals surface area contributed by atoms with Gasteiger partial charge in [0.1, 0.15) is 5.82 Å². The number of alkyl halides is 3. The minimum absolute atomic E-state index is 0.0593.